The molecule has 1 aromatic carbocycles. The van der Waals surface area contributed by atoms with Gasteiger partial charge in [0.2, 0.25) is 0 Å². The topological polar surface area (TPSA) is 107 Å². The highest BCUT2D eigenvalue weighted by molar-refractivity contribution is 5.98. The molecule has 0 aliphatic carbocycles. The number of hydrogen-bond acceptors (Lipinski definition) is 7. The number of carbonyl (C=O) groups excluding carboxylic acids is 2. The van der Waals surface area contributed by atoms with Gasteiger partial charge in [0.1, 0.15) is 11.4 Å². The van der Waals surface area contributed by atoms with Crippen LogP contribution in [0.2, 0.25) is 0 Å². The number of ether oxygens (including phenoxy) is 4. The molecule has 31 heavy (non-hydrogen) atoms. The van der Waals surface area contributed by atoms with Gasteiger partial charge in [0, 0.05) is 31.5 Å². The number of rotatable bonds is 4. The summed E-state index contributed by atoms with van der Waals surface area (Å²) in [7, 11) is 1.52. The molecule has 9 nitrogen and oxygen atoms in total. The van der Waals surface area contributed by atoms with Gasteiger partial charge < -0.3 is 34.3 Å². The molecular weight excluding hydrogens is 404 g/mol. The lowest BCUT2D eigenvalue weighted by Gasteiger charge is -2.36. The van der Waals surface area contributed by atoms with E-state index in [1.807, 2.05) is 0 Å². The molecule has 2 aliphatic rings. The molecule has 2 N–H and O–H groups in total. The first-order valence-corrected chi connectivity index (χ1v) is 10.6. The number of fused-ring (bicyclic) bond motifs is 1. The molecule has 0 unspecified atom stereocenters. The molecule has 1 aromatic rings. The van der Waals surface area contributed by atoms with E-state index in [1.54, 1.807) is 32.9 Å². The Kier molecular flexibility index (Phi) is 7.15. The van der Waals surface area contributed by atoms with Crippen LogP contribution in [0.15, 0.2) is 12.1 Å². The summed E-state index contributed by atoms with van der Waals surface area (Å²) in [6, 6.07) is 3.32. The monoisotopic (exact) mass is 436 g/mol. The number of aliphatic hydroxyl groups excluding tert-OH is 1. The summed E-state index contributed by atoms with van der Waals surface area (Å²) in [5.74, 6) is 0.871. The second-order valence-electron chi connectivity index (χ2n) is 8.81. The molecule has 1 fully saturated rings. The van der Waals surface area contributed by atoms with Crippen LogP contribution in [0.1, 0.15) is 44.0 Å². The van der Waals surface area contributed by atoms with Gasteiger partial charge in [-0.15, -0.1) is 0 Å². The van der Waals surface area contributed by atoms with Crippen molar-refractivity contribution in [1.82, 2.24) is 10.2 Å². The van der Waals surface area contributed by atoms with Crippen LogP contribution in [0.5, 0.6) is 17.2 Å². The Balaban J connectivity index is 1.61. The van der Waals surface area contributed by atoms with E-state index >= 15 is 0 Å². The number of methoxy groups -OCH3 is 1. The first-order valence-electron chi connectivity index (χ1n) is 10.6. The van der Waals surface area contributed by atoms with Crippen molar-refractivity contribution in [2.75, 3.05) is 40.0 Å². The maximum atomic E-state index is 12.9. The van der Waals surface area contributed by atoms with Crippen LogP contribution in [0, 0.1) is 5.92 Å². The molecule has 3 rings (SSSR count). The maximum Gasteiger partial charge on any atom is 0.410 e. The Labute approximate surface area is 182 Å². The Morgan fingerprint density at radius 2 is 2.00 bits per heavy atom. The Morgan fingerprint density at radius 1 is 1.26 bits per heavy atom. The number of amides is 2. The zero-order valence-electron chi connectivity index (χ0n) is 18.6. The summed E-state index contributed by atoms with van der Waals surface area (Å²) in [6.45, 7) is 7.27. The first kappa shape index (κ1) is 23.0. The fourth-order valence-electron chi connectivity index (χ4n) is 3.56. The van der Waals surface area contributed by atoms with Crippen molar-refractivity contribution in [2.24, 2.45) is 5.92 Å². The van der Waals surface area contributed by atoms with E-state index in [1.165, 1.54) is 12.0 Å². The van der Waals surface area contributed by atoms with Crippen LogP contribution in [-0.2, 0) is 4.74 Å². The lowest BCUT2D eigenvalue weighted by molar-refractivity contribution is -0.0122. The fraction of sp³-hybridized carbons (Fsp3) is 0.636. The average Bonchev–Trinajstić information content (AvgIpc) is 2.96. The number of carbonyl (C=O) groups is 2. The smallest absolute Gasteiger partial charge is 0.410 e. The van der Waals surface area contributed by atoms with Gasteiger partial charge in [-0.1, -0.05) is 0 Å². The predicted octanol–water partition coefficient (Wildman–Crippen LogP) is 2.20. The van der Waals surface area contributed by atoms with Crippen molar-refractivity contribution < 1.29 is 33.6 Å². The van der Waals surface area contributed by atoms with Crippen LogP contribution >= 0.6 is 0 Å². The predicted molar refractivity (Wildman–Crippen MR) is 113 cm³/mol. The molecule has 2 aliphatic heterocycles. The summed E-state index contributed by atoms with van der Waals surface area (Å²) in [4.78, 5) is 26.6. The summed E-state index contributed by atoms with van der Waals surface area (Å²) >= 11 is 0. The third-order valence-corrected chi connectivity index (χ3v) is 5.20. The summed E-state index contributed by atoms with van der Waals surface area (Å²) in [5, 5.41) is 13.4. The Morgan fingerprint density at radius 3 is 2.68 bits per heavy atom. The molecule has 0 bridgehead atoms. The lowest BCUT2D eigenvalue weighted by atomic mass is 9.94. The molecule has 172 valence electrons. The van der Waals surface area contributed by atoms with Gasteiger partial charge in [-0.25, -0.2) is 4.79 Å². The van der Waals surface area contributed by atoms with Gasteiger partial charge in [-0.3, -0.25) is 4.79 Å². The van der Waals surface area contributed by atoms with Gasteiger partial charge in [0.15, 0.2) is 11.5 Å². The third kappa shape index (κ3) is 5.94. The number of nitrogens with zero attached hydrogens (tertiary/aromatic N) is 1. The standard InChI is InChI=1S/C22H32N2O7/c1-22(2,3)31-21(27)24-7-6-14(17(25)13-24)12-23-20(26)16-10-15(28-4)11-18-19(16)30-9-5-8-29-18/h10-11,14,17,25H,5-9,12-13H2,1-4H3,(H,23,26)/t14-,17+/m0/s1. The van der Waals surface area contributed by atoms with E-state index in [9.17, 15) is 14.7 Å². The maximum absolute atomic E-state index is 12.9. The number of benzene rings is 1. The van der Waals surface area contributed by atoms with Gasteiger partial charge in [-0.2, -0.15) is 0 Å². The molecule has 0 saturated carbocycles. The van der Waals surface area contributed by atoms with Crippen molar-refractivity contribution in [3.05, 3.63) is 17.7 Å². The number of piperidine rings is 1. The summed E-state index contributed by atoms with van der Waals surface area (Å²) in [6.07, 6.45) is 0.0746. The SMILES string of the molecule is COc1cc2c(c(C(=O)NC[C@@H]3CCN(C(=O)OC(C)(C)C)C[C@H]3O)c1)OCCCO2. The second-order valence-corrected chi connectivity index (χ2v) is 8.81. The van der Waals surface area contributed by atoms with Crippen molar-refractivity contribution in [1.29, 1.82) is 0 Å². The van der Waals surface area contributed by atoms with Gasteiger partial charge in [0.05, 0.1) is 38.5 Å². The Hall–Kier alpha value is -2.68. The first-order chi connectivity index (χ1) is 14.7. The minimum atomic E-state index is -0.761. The molecule has 2 amide bonds. The number of β-amino-alcohol motifs (C(OH)–C–C–N with tert-alkyl or cyclic N) is 1. The Bertz CT molecular complexity index is 806. The minimum Gasteiger partial charge on any atom is -0.497 e. The van der Waals surface area contributed by atoms with E-state index in [2.05, 4.69) is 5.32 Å². The lowest BCUT2D eigenvalue weighted by Crippen LogP contribution is -2.50. The van der Waals surface area contributed by atoms with Crippen LogP contribution in [0.25, 0.3) is 0 Å². The fourth-order valence-corrected chi connectivity index (χ4v) is 3.56. The quantitative estimate of drug-likeness (QED) is 0.745. The highest BCUT2D eigenvalue weighted by atomic mass is 16.6. The number of nitrogens with one attached hydrogen (secondary N) is 1. The molecule has 1 saturated heterocycles. The van der Waals surface area contributed by atoms with E-state index < -0.39 is 17.8 Å². The molecule has 0 spiro atoms. The van der Waals surface area contributed by atoms with Gasteiger partial charge in [0.25, 0.3) is 5.91 Å². The van der Waals surface area contributed by atoms with Crippen molar-refractivity contribution in [3.63, 3.8) is 0 Å². The normalized spacial score (nSPS) is 21.1. The highest BCUT2D eigenvalue weighted by Gasteiger charge is 2.33. The van der Waals surface area contributed by atoms with E-state index in [0.29, 0.717) is 49.0 Å². The molecule has 0 aromatic heterocycles. The zero-order valence-corrected chi connectivity index (χ0v) is 18.6. The molecule has 0 radical (unpaired) electrons. The largest absolute Gasteiger partial charge is 0.497 e. The number of aliphatic hydroxyl groups is 1. The molecule has 2 atom stereocenters. The number of hydrogen-bond donors (Lipinski definition) is 2. The second kappa shape index (κ2) is 9.64. The van der Waals surface area contributed by atoms with Crippen LogP contribution < -0.4 is 19.5 Å². The summed E-state index contributed by atoms with van der Waals surface area (Å²) < 4.78 is 22.1. The van der Waals surface area contributed by atoms with Crippen molar-refractivity contribution >= 4 is 12.0 Å². The number of likely N-dealkylation sites (tertiary alicyclic amines) is 1. The summed E-state index contributed by atoms with van der Waals surface area (Å²) in [5.41, 5.74) is -0.259. The van der Waals surface area contributed by atoms with Gasteiger partial charge in [-0.05, 0) is 33.3 Å². The third-order valence-electron chi connectivity index (χ3n) is 5.20. The van der Waals surface area contributed by atoms with Crippen molar-refractivity contribution in [3.8, 4) is 17.2 Å². The van der Waals surface area contributed by atoms with Crippen molar-refractivity contribution in [2.45, 2.75) is 45.3 Å². The minimum absolute atomic E-state index is 0.168. The molecule has 9 heteroatoms. The highest BCUT2D eigenvalue weighted by Crippen LogP contribution is 2.37. The zero-order chi connectivity index (χ0) is 22.6. The van der Waals surface area contributed by atoms with Gasteiger partial charge >= 0.3 is 6.09 Å². The van der Waals surface area contributed by atoms with Crippen LogP contribution in [0.4, 0.5) is 4.79 Å². The van der Waals surface area contributed by atoms with Crippen LogP contribution in [0.3, 0.4) is 0 Å². The molecule has 2 heterocycles. The van der Waals surface area contributed by atoms with E-state index in [-0.39, 0.29) is 24.9 Å². The average molecular weight is 437 g/mol. The van der Waals surface area contributed by atoms with Crippen LogP contribution in [-0.4, -0.2) is 73.7 Å². The molecular formula is C22H32N2O7. The van der Waals surface area contributed by atoms with E-state index in [4.69, 9.17) is 18.9 Å². The van der Waals surface area contributed by atoms with E-state index in [0.717, 1.165) is 6.42 Å².